The predicted octanol–water partition coefficient (Wildman–Crippen LogP) is 5.29. The van der Waals surface area contributed by atoms with Crippen molar-refractivity contribution in [3.63, 3.8) is 0 Å². The van der Waals surface area contributed by atoms with Crippen molar-refractivity contribution >= 4 is 11.8 Å². The fourth-order valence-electron chi connectivity index (χ4n) is 5.18. The van der Waals surface area contributed by atoms with E-state index < -0.39 is 0 Å². The number of carbonyl (C=O) groups is 2. The third kappa shape index (κ3) is 7.43. The number of carbonyl (C=O) groups excluding carboxylic acids is 2. The van der Waals surface area contributed by atoms with Crippen molar-refractivity contribution in [3.05, 3.63) is 35.4 Å². The number of benzene rings is 1. The molecule has 0 aromatic heterocycles. The Morgan fingerprint density at radius 3 is 1.68 bits per heavy atom. The van der Waals surface area contributed by atoms with E-state index in [9.17, 15) is 9.59 Å². The summed E-state index contributed by atoms with van der Waals surface area (Å²) in [6, 6.07) is 7.06. The van der Waals surface area contributed by atoms with E-state index in [1.165, 1.54) is 4.90 Å². The second-order valence-electron chi connectivity index (χ2n) is 12.4. The summed E-state index contributed by atoms with van der Waals surface area (Å²) in [6.07, 6.45) is 2.59. The molecule has 2 amide bonds. The van der Waals surface area contributed by atoms with Gasteiger partial charge in [0.2, 0.25) is 0 Å². The molecule has 31 heavy (non-hydrogen) atoms. The SMILES string of the molecule is CC(C)(N)CC(C)(C)COCC(C)(C)CC(C)(C)CCN1C(=O)c2ccccc2C1=O. The van der Waals surface area contributed by atoms with E-state index in [2.05, 4.69) is 55.4 Å². The normalized spacial score (nSPS) is 15.6. The van der Waals surface area contributed by atoms with Gasteiger partial charge in [0.1, 0.15) is 0 Å². The van der Waals surface area contributed by atoms with Crippen LogP contribution in [0.3, 0.4) is 0 Å². The summed E-state index contributed by atoms with van der Waals surface area (Å²) in [6.45, 7) is 19.1. The molecule has 0 bridgehead atoms. The Kier molecular flexibility index (Phi) is 7.44. The van der Waals surface area contributed by atoms with Crippen molar-refractivity contribution in [2.45, 2.75) is 80.2 Å². The number of imide groups is 1. The molecule has 0 fully saturated rings. The van der Waals surface area contributed by atoms with E-state index in [1.54, 1.807) is 24.3 Å². The van der Waals surface area contributed by atoms with Crippen LogP contribution in [0.2, 0.25) is 0 Å². The Labute approximate surface area is 188 Å². The van der Waals surface area contributed by atoms with Crippen molar-refractivity contribution in [2.75, 3.05) is 19.8 Å². The standard InChI is InChI=1S/C26H42N2O3/c1-23(2,13-14-28-21(29)19-11-9-10-12-20(19)22(28)30)15-24(3,4)17-31-18-25(5,6)16-26(7,8)27/h9-12H,13-18,27H2,1-8H3. The Bertz CT molecular complexity index is 768. The lowest BCUT2D eigenvalue weighted by molar-refractivity contribution is -0.00852. The van der Waals surface area contributed by atoms with Crippen LogP contribution < -0.4 is 5.73 Å². The van der Waals surface area contributed by atoms with E-state index in [-0.39, 0.29) is 33.6 Å². The third-order valence-corrected chi connectivity index (χ3v) is 5.77. The molecule has 5 heteroatoms. The molecule has 174 valence electrons. The topological polar surface area (TPSA) is 72.6 Å². The van der Waals surface area contributed by atoms with Crippen LogP contribution in [0.5, 0.6) is 0 Å². The summed E-state index contributed by atoms with van der Waals surface area (Å²) in [4.78, 5) is 26.6. The number of hydrogen-bond donors (Lipinski definition) is 1. The highest BCUT2D eigenvalue weighted by Gasteiger charge is 2.37. The second kappa shape index (κ2) is 9.03. The molecule has 1 aliphatic rings. The molecule has 2 rings (SSSR count). The zero-order chi connectivity index (χ0) is 23.7. The second-order valence-corrected chi connectivity index (χ2v) is 12.4. The highest BCUT2D eigenvalue weighted by molar-refractivity contribution is 6.21. The molecule has 1 aromatic rings. The highest BCUT2D eigenvalue weighted by atomic mass is 16.5. The molecule has 0 radical (unpaired) electrons. The van der Waals surface area contributed by atoms with Crippen LogP contribution in [-0.2, 0) is 4.74 Å². The van der Waals surface area contributed by atoms with Gasteiger partial charge in [0.25, 0.3) is 11.8 Å². The maximum Gasteiger partial charge on any atom is 0.261 e. The molecule has 0 atom stereocenters. The maximum atomic E-state index is 12.6. The van der Waals surface area contributed by atoms with Gasteiger partial charge in [-0.25, -0.2) is 0 Å². The molecule has 0 spiro atoms. The van der Waals surface area contributed by atoms with Crippen molar-refractivity contribution in [2.24, 2.45) is 22.0 Å². The van der Waals surface area contributed by atoms with Crippen LogP contribution in [0.4, 0.5) is 0 Å². The fourth-order valence-corrected chi connectivity index (χ4v) is 5.18. The van der Waals surface area contributed by atoms with Crippen molar-refractivity contribution in [1.29, 1.82) is 0 Å². The predicted molar refractivity (Wildman–Crippen MR) is 126 cm³/mol. The molecule has 0 saturated heterocycles. The number of nitrogens with two attached hydrogens (primary N) is 1. The first-order chi connectivity index (χ1) is 14.0. The minimum Gasteiger partial charge on any atom is -0.380 e. The summed E-state index contributed by atoms with van der Waals surface area (Å²) in [5.41, 5.74) is 6.98. The maximum absolute atomic E-state index is 12.6. The van der Waals surface area contributed by atoms with Crippen LogP contribution in [-0.4, -0.2) is 42.0 Å². The van der Waals surface area contributed by atoms with Gasteiger partial charge in [-0.3, -0.25) is 14.5 Å². The Hall–Kier alpha value is -1.72. The number of nitrogens with zero attached hydrogens (tertiary/aromatic N) is 1. The van der Waals surface area contributed by atoms with Crippen LogP contribution in [0, 0.1) is 16.2 Å². The monoisotopic (exact) mass is 430 g/mol. The summed E-state index contributed by atoms with van der Waals surface area (Å²) in [7, 11) is 0. The molecule has 0 aliphatic carbocycles. The Balaban J connectivity index is 1.87. The van der Waals surface area contributed by atoms with Gasteiger partial charge in [0.05, 0.1) is 24.3 Å². The smallest absolute Gasteiger partial charge is 0.261 e. The first kappa shape index (κ1) is 25.5. The number of rotatable bonds is 11. The lowest BCUT2D eigenvalue weighted by Gasteiger charge is -2.37. The molecule has 1 aromatic carbocycles. The van der Waals surface area contributed by atoms with E-state index in [0.717, 1.165) is 19.3 Å². The molecule has 0 unspecified atom stereocenters. The number of ether oxygens (including phenoxy) is 1. The molecule has 1 heterocycles. The summed E-state index contributed by atoms with van der Waals surface area (Å²) in [5.74, 6) is -0.354. The zero-order valence-electron chi connectivity index (χ0n) is 20.8. The van der Waals surface area contributed by atoms with Gasteiger partial charge in [-0.05, 0) is 61.5 Å². The average molecular weight is 431 g/mol. The lowest BCUT2D eigenvalue weighted by atomic mass is 9.73. The van der Waals surface area contributed by atoms with Gasteiger partial charge in [0.15, 0.2) is 0 Å². The van der Waals surface area contributed by atoms with Gasteiger partial charge in [0, 0.05) is 12.1 Å². The molecule has 2 N–H and O–H groups in total. The molecule has 1 aliphatic heterocycles. The summed E-state index contributed by atoms with van der Waals surface area (Å²) < 4.78 is 6.14. The molecule has 5 nitrogen and oxygen atoms in total. The van der Waals surface area contributed by atoms with E-state index >= 15 is 0 Å². The number of fused-ring (bicyclic) bond motifs is 1. The van der Waals surface area contributed by atoms with Gasteiger partial charge >= 0.3 is 0 Å². The van der Waals surface area contributed by atoms with Gasteiger partial charge in [-0.2, -0.15) is 0 Å². The fraction of sp³-hybridized carbons (Fsp3) is 0.692. The van der Waals surface area contributed by atoms with E-state index in [0.29, 0.717) is 30.9 Å². The van der Waals surface area contributed by atoms with Gasteiger partial charge in [-0.1, -0.05) is 53.7 Å². The summed E-state index contributed by atoms with van der Waals surface area (Å²) >= 11 is 0. The van der Waals surface area contributed by atoms with Gasteiger partial charge in [-0.15, -0.1) is 0 Å². The van der Waals surface area contributed by atoms with E-state index in [4.69, 9.17) is 10.5 Å². The van der Waals surface area contributed by atoms with Crippen LogP contribution in [0.15, 0.2) is 24.3 Å². The quantitative estimate of drug-likeness (QED) is 0.484. The first-order valence-corrected chi connectivity index (χ1v) is 11.3. The minimum absolute atomic E-state index is 0.0141. The minimum atomic E-state index is -0.214. The Morgan fingerprint density at radius 2 is 1.23 bits per heavy atom. The van der Waals surface area contributed by atoms with E-state index in [1.807, 2.05) is 0 Å². The first-order valence-electron chi connectivity index (χ1n) is 11.3. The van der Waals surface area contributed by atoms with Crippen molar-refractivity contribution in [1.82, 2.24) is 4.90 Å². The Morgan fingerprint density at radius 1 is 0.774 bits per heavy atom. The van der Waals surface area contributed by atoms with Crippen LogP contribution in [0.25, 0.3) is 0 Å². The van der Waals surface area contributed by atoms with Crippen molar-refractivity contribution in [3.8, 4) is 0 Å². The highest BCUT2D eigenvalue weighted by Crippen LogP contribution is 2.38. The average Bonchev–Trinajstić information content (AvgIpc) is 2.81. The number of amides is 2. The van der Waals surface area contributed by atoms with Crippen LogP contribution >= 0.6 is 0 Å². The van der Waals surface area contributed by atoms with Crippen molar-refractivity contribution < 1.29 is 14.3 Å². The van der Waals surface area contributed by atoms with Gasteiger partial charge < -0.3 is 10.5 Å². The third-order valence-electron chi connectivity index (χ3n) is 5.77. The molecule has 0 saturated carbocycles. The lowest BCUT2D eigenvalue weighted by Crippen LogP contribution is -2.39. The molecular formula is C26H42N2O3. The zero-order valence-corrected chi connectivity index (χ0v) is 20.8. The number of hydrogen-bond acceptors (Lipinski definition) is 4. The largest absolute Gasteiger partial charge is 0.380 e. The molecular weight excluding hydrogens is 388 g/mol. The van der Waals surface area contributed by atoms with Crippen LogP contribution in [0.1, 0.15) is 95.4 Å². The summed E-state index contributed by atoms with van der Waals surface area (Å²) in [5, 5.41) is 0.